The number of imidazole rings is 1. The van der Waals surface area contributed by atoms with Gasteiger partial charge in [-0.3, -0.25) is 0 Å². The van der Waals surface area contributed by atoms with E-state index in [-0.39, 0.29) is 5.75 Å². The molecule has 5 nitrogen and oxygen atoms in total. The van der Waals surface area contributed by atoms with E-state index < -0.39 is 0 Å². The largest absolute Gasteiger partial charge is 0.507 e. The van der Waals surface area contributed by atoms with Crippen molar-refractivity contribution in [3.05, 3.63) is 101 Å². The molecule has 0 saturated carbocycles. The number of aromatic hydroxyl groups is 1. The fourth-order valence-corrected chi connectivity index (χ4v) is 3.09. The van der Waals surface area contributed by atoms with Crippen LogP contribution in [0.1, 0.15) is 11.1 Å². The SMILES string of the molecule is Oc1ccc(Br)cc1C=Nc1nc(-c2ccccc2)cn1/N=C\c1ccccc1. The number of hydrogen-bond acceptors (Lipinski definition) is 4. The molecular formula is C23H17BrN4O. The van der Waals surface area contributed by atoms with Crippen LogP contribution >= 0.6 is 15.9 Å². The molecule has 142 valence electrons. The van der Waals surface area contributed by atoms with Gasteiger partial charge in [0.1, 0.15) is 5.75 Å². The first-order valence-corrected chi connectivity index (χ1v) is 9.75. The summed E-state index contributed by atoms with van der Waals surface area (Å²) in [5, 5.41) is 14.6. The summed E-state index contributed by atoms with van der Waals surface area (Å²) in [6.07, 6.45) is 5.17. The van der Waals surface area contributed by atoms with Crippen LogP contribution in [0.4, 0.5) is 5.95 Å². The van der Waals surface area contributed by atoms with Crippen molar-refractivity contribution in [3.63, 3.8) is 0 Å². The van der Waals surface area contributed by atoms with Crippen LogP contribution in [0.5, 0.6) is 5.75 Å². The number of nitrogens with zero attached hydrogens (tertiary/aromatic N) is 4. The molecule has 0 aliphatic carbocycles. The number of rotatable bonds is 5. The van der Waals surface area contributed by atoms with Crippen molar-refractivity contribution in [2.45, 2.75) is 0 Å². The van der Waals surface area contributed by atoms with Gasteiger partial charge in [-0.25, -0.2) is 14.7 Å². The van der Waals surface area contributed by atoms with Crippen LogP contribution in [0.3, 0.4) is 0 Å². The zero-order valence-electron chi connectivity index (χ0n) is 15.4. The normalized spacial score (nSPS) is 11.5. The van der Waals surface area contributed by atoms with E-state index in [9.17, 15) is 5.11 Å². The van der Waals surface area contributed by atoms with E-state index in [0.717, 1.165) is 21.3 Å². The Morgan fingerprint density at radius 2 is 1.62 bits per heavy atom. The zero-order chi connectivity index (χ0) is 20.1. The molecule has 1 heterocycles. The number of phenols is 1. The lowest BCUT2D eigenvalue weighted by Gasteiger charge is -1.99. The van der Waals surface area contributed by atoms with Crippen molar-refractivity contribution in [2.75, 3.05) is 0 Å². The third kappa shape index (κ3) is 4.67. The lowest BCUT2D eigenvalue weighted by atomic mass is 10.2. The Balaban J connectivity index is 1.72. The quantitative estimate of drug-likeness (QED) is 0.404. The molecule has 29 heavy (non-hydrogen) atoms. The van der Waals surface area contributed by atoms with Crippen molar-refractivity contribution < 1.29 is 5.11 Å². The Hall–Kier alpha value is -3.51. The number of benzene rings is 3. The molecule has 0 atom stereocenters. The Morgan fingerprint density at radius 3 is 2.38 bits per heavy atom. The highest BCUT2D eigenvalue weighted by Gasteiger charge is 2.08. The molecule has 4 rings (SSSR count). The molecule has 1 N–H and O–H groups in total. The predicted octanol–water partition coefficient (Wildman–Crippen LogP) is 5.65. The Morgan fingerprint density at radius 1 is 0.897 bits per heavy atom. The average molecular weight is 445 g/mol. The standard InChI is InChI=1S/C23H17BrN4O/c24-20-11-12-22(29)19(13-20)15-25-23-27-21(18-9-5-2-6-10-18)16-28(23)26-14-17-7-3-1-4-8-17/h1-16,29H/b25-15?,26-14-. The van der Waals surface area contributed by atoms with Gasteiger partial charge in [0.15, 0.2) is 0 Å². The minimum atomic E-state index is 0.145. The number of halogens is 1. The van der Waals surface area contributed by atoms with Gasteiger partial charge in [-0.05, 0) is 23.8 Å². The van der Waals surface area contributed by atoms with Gasteiger partial charge < -0.3 is 5.11 Å². The first-order valence-electron chi connectivity index (χ1n) is 8.96. The number of aliphatic imine (C=N–C) groups is 1. The van der Waals surface area contributed by atoms with Gasteiger partial charge in [-0.15, -0.1) is 0 Å². The van der Waals surface area contributed by atoms with Gasteiger partial charge in [0.2, 0.25) is 0 Å². The van der Waals surface area contributed by atoms with Gasteiger partial charge in [0.25, 0.3) is 5.95 Å². The van der Waals surface area contributed by atoms with Gasteiger partial charge in [-0.2, -0.15) is 5.10 Å². The molecule has 0 spiro atoms. The van der Waals surface area contributed by atoms with Crippen LogP contribution in [-0.4, -0.2) is 27.2 Å². The molecule has 3 aromatic carbocycles. The summed E-state index contributed by atoms with van der Waals surface area (Å²) >= 11 is 3.41. The maximum absolute atomic E-state index is 10.0. The second kappa shape index (κ2) is 8.67. The van der Waals surface area contributed by atoms with Crippen LogP contribution in [0.25, 0.3) is 11.3 Å². The number of aromatic nitrogens is 2. The topological polar surface area (TPSA) is 62.8 Å². The van der Waals surface area contributed by atoms with Gasteiger partial charge in [0.05, 0.1) is 18.1 Å². The van der Waals surface area contributed by atoms with Crippen molar-refractivity contribution >= 4 is 34.3 Å². The molecular weight excluding hydrogens is 428 g/mol. The summed E-state index contributed by atoms with van der Waals surface area (Å²) < 4.78 is 2.48. The van der Waals surface area contributed by atoms with Crippen LogP contribution in [0, 0.1) is 0 Å². The Bertz CT molecular complexity index is 1170. The average Bonchev–Trinajstić information content (AvgIpc) is 3.17. The first-order chi connectivity index (χ1) is 14.2. The molecule has 0 bridgehead atoms. The van der Waals surface area contributed by atoms with E-state index in [1.807, 2.05) is 66.9 Å². The predicted molar refractivity (Wildman–Crippen MR) is 120 cm³/mol. The van der Waals surface area contributed by atoms with Gasteiger partial charge in [-0.1, -0.05) is 76.6 Å². The highest BCUT2D eigenvalue weighted by atomic mass is 79.9. The second-order valence-electron chi connectivity index (χ2n) is 6.25. The third-order valence-electron chi connectivity index (χ3n) is 4.18. The second-order valence-corrected chi connectivity index (χ2v) is 7.17. The summed E-state index contributed by atoms with van der Waals surface area (Å²) in [6.45, 7) is 0. The van der Waals surface area contributed by atoms with Crippen LogP contribution < -0.4 is 0 Å². The number of phenolic OH excluding ortho intramolecular Hbond substituents is 1. The Labute approximate surface area is 176 Å². The number of hydrogen-bond donors (Lipinski definition) is 1. The summed E-state index contributed by atoms with van der Waals surface area (Å²) in [4.78, 5) is 9.09. The summed E-state index contributed by atoms with van der Waals surface area (Å²) in [7, 11) is 0. The molecule has 0 aliphatic heterocycles. The van der Waals surface area contributed by atoms with E-state index >= 15 is 0 Å². The fraction of sp³-hybridized carbons (Fsp3) is 0. The lowest BCUT2D eigenvalue weighted by Crippen LogP contribution is -1.90. The highest BCUT2D eigenvalue weighted by Crippen LogP contribution is 2.24. The Kier molecular flexibility index (Phi) is 5.63. The van der Waals surface area contributed by atoms with Crippen molar-refractivity contribution in [1.29, 1.82) is 0 Å². The van der Waals surface area contributed by atoms with Crippen molar-refractivity contribution in [1.82, 2.24) is 9.66 Å². The van der Waals surface area contributed by atoms with Crippen LogP contribution in [-0.2, 0) is 0 Å². The minimum Gasteiger partial charge on any atom is -0.507 e. The third-order valence-corrected chi connectivity index (χ3v) is 4.67. The highest BCUT2D eigenvalue weighted by molar-refractivity contribution is 9.10. The zero-order valence-corrected chi connectivity index (χ0v) is 16.9. The molecule has 0 aliphatic rings. The van der Waals surface area contributed by atoms with E-state index in [4.69, 9.17) is 0 Å². The van der Waals surface area contributed by atoms with Crippen LogP contribution in [0.2, 0.25) is 0 Å². The van der Waals surface area contributed by atoms with Crippen molar-refractivity contribution in [3.8, 4) is 17.0 Å². The van der Waals surface area contributed by atoms with Crippen LogP contribution in [0.15, 0.2) is 99.6 Å². The molecule has 0 saturated heterocycles. The van der Waals surface area contributed by atoms with Crippen molar-refractivity contribution in [2.24, 2.45) is 10.1 Å². The molecule has 0 amide bonds. The summed E-state index contributed by atoms with van der Waals surface area (Å²) in [5.74, 6) is 0.557. The van der Waals surface area contributed by atoms with Gasteiger partial charge >= 0.3 is 0 Å². The molecule has 0 radical (unpaired) electrons. The molecule has 1 aromatic heterocycles. The van der Waals surface area contributed by atoms with E-state index in [1.54, 1.807) is 35.3 Å². The first kappa shape index (κ1) is 18.8. The minimum absolute atomic E-state index is 0.145. The molecule has 0 fully saturated rings. The molecule has 0 unspecified atom stereocenters. The lowest BCUT2D eigenvalue weighted by molar-refractivity contribution is 0.474. The summed E-state index contributed by atoms with van der Waals surface area (Å²) in [6, 6.07) is 24.9. The van der Waals surface area contributed by atoms with Gasteiger partial charge in [0, 0.05) is 21.8 Å². The van der Waals surface area contributed by atoms with E-state index in [1.165, 1.54) is 0 Å². The van der Waals surface area contributed by atoms with E-state index in [0.29, 0.717) is 11.5 Å². The molecule has 6 heteroatoms. The monoisotopic (exact) mass is 444 g/mol. The maximum atomic E-state index is 10.0. The van der Waals surface area contributed by atoms with E-state index in [2.05, 4.69) is 31.0 Å². The fourth-order valence-electron chi connectivity index (χ4n) is 2.71. The smallest absolute Gasteiger partial charge is 0.251 e. The summed E-state index contributed by atoms with van der Waals surface area (Å²) in [5.41, 5.74) is 3.30. The maximum Gasteiger partial charge on any atom is 0.251 e. The molecule has 4 aromatic rings.